The Hall–Kier alpha value is -3.35. The molecule has 4 N–H and O–H groups in total. The Bertz CT molecular complexity index is 1160. The van der Waals surface area contributed by atoms with E-state index in [2.05, 4.69) is 25.9 Å². The second kappa shape index (κ2) is 9.85. The lowest BCUT2D eigenvalue weighted by Crippen LogP contribution is -2.21. The van der Waals surface area contributed by atoms with Crippen LogP contribution >= 0.6 is 8.15 Å². The second-order valence-corrected chi connectivity index (χ2v) is 8.97. The van der Waals surface area contributed by atoms with E-state index in [1.54, 1.807) is 25.8 Å². The molecule has 0 saturated heterocycles. The normalized spacial score (nSPS) is 11.6. The fraction of sp³-hybridized carbons (Fsp3) is 0.217. The highest BCUT2D eigenvalue weighted by atomic mass is 31.1. The molecule has 0 aliphatic rings. The number of benzene rings is 2. The van der Waals surface area contributed by atoms with E-state index in [4.69, 9.17) is 0 Å². The van der Waals surface area contributed by atoms with Gasteiger partial charge in [0.1, 0.15) is 11.4 Å². The Morgan fingerprint density at radius 1 is 0.969 bits per heavy atom. The van der Waals surface area contributed by atoms with Crippen molar-refractivity contribution in [2.24, 2.45) is 0 Å². The largest absolute Gasteiger partial charge is 0.372 e. The molecule has 1 heterocycles. The fourth-order valence-electron chi connectivity index (χ4n) is 3.22. The minimum Gasteiger partial charge on any atom is -0.372 e. The third-order valence-electron chi connectivity index (χ3n) is 4.77. The lowest BCUT2D eigenvalue weighted by atomic mass is 10.1. The van der Waals surface area contributed by atoms with Crippen LogP contribution in [0.15, 0.2) is 42.6 Å². The molecule has 0 saturated carbocycles. The number of hydrogen-bond donors (Lipinski definition) is 4. The smallest absolute Gasteiger partial charge is 0.261 e. The number of aryl methyl sites for hydroxylation is 3. The van der Waals surface area contributed by atoms with Gasteiger partial charge in [0.2, 0.25) is 0 Å². The highest BCUT2D eigenvalue weighted by molar-refractivity contribution is 7.58. The second-order valence-electron chi connectivity index (χ2n) is 7.52. The number of nitrogens with one attached hydrogen (secondary N) is 3. The zero-order valence-corrected chi connectivity index (χ0v) is 19.5. The number of nitrogens with zero attached hydrogens (tertiary/aromatic N) is 2. The summed E-state index contributed by atoms with van der Waals surface area (Å²) in [5.74, 6) is -0.299. The first kappa shape index (κ1) is 23.3. The molecule has 0 aliphatic carbocycles. The topological polar surface area (TPSA) is 116 Å². The molecular weight excluding hydrogens is 425 g/mol. The van der Waals surface area contributed by atoms with Crippen LogP contribution in [0.2, 0.25) is 0 Å². The number of carbonyl (C=O) groups is 2. The van der Waals surface area contributed by atoms with E-state index in [-0.39, 0.29) is 17.0 Å². The van der Waals surface area contributed by atoms with Crippen molar-refractivity contribution in [3.05, 3.63) is 70.4 Å². The van der Waals surface area contributed by atoms with E-state index in [9.17, 15) is 14.5 Å². The summed E-state index contributed by atoms with van der Waals surface area (Å²) >= 11 is 0. The molecular formula is C23H26N5O3P. The molecule has 8 nitrogen and oxygen atoms in total. The van der Waals surface area contributed by atoms with Crippen molar-refractivity contribution in [1.82, 2.24) is 9.97 Å². The molecule has 1 atom stereocenters. The average molecular weight is 451 g/mol. The lowest BCUT2D eigenvalue weighted by molar-refractivity contribution is 0.101. The first-order valence-corrected chi connectivity index (χ1v) is 11.7. The molecule has 0 spiro atoms. The monoisotopic (exact) mass is 451 g/mol. The number of amides is 2. The van der Waals surface area contributed by atoms with Crippen molar-refractivity contribution in [2.45, 2.75) is 20.8 Å². The Kier molecular flexibility index (Phi) is 7.18. The van der Waals surface area contributed by atoms with Gasteiger partial charge < -0.3 is 20.8 Å². The molecule has 0 bridgehead atoms. The van der Waals surface area contributed by atoms with Gasteiger partial charge in [-0.2, -0.15) is 0 Å². The Labute approximate surface area is 188 Å². The summed E-state index contributed by atoms with van der Waals surface area (Å²) in [6.07, 6.45) is 1.39. The summed E-state index contributed by atoms with van der Waals surface area (Å²) in [7, 11) is 0.172. The molecule has 0 fully saturated rings. The molecule has 3 aromatic rings. The maximum absolute atomic E-state index is 12.9. The maximum atomic E-state index is 12.9. The molecule has 1 aromatic heterocycles. The molecule has 2 aromatic carbocycles. The van der Waals surface area contributed by atoms with E-state index in [1.165, 1.54) is 6.20 Å². The van der Waals surface area contributed by atoms with Gasteiger partial charge in [-0.25, -0.2) is 9.97 Å². The lowest BCUT2D eigenvalue weighted by Gasteiger charge is -2.14. The van der Waals surface area contributed by atoms with Crippen molar-refractivity contribution >= 4 is 42.7 Å². The van der Waals surface area contributed by atoms with Gasteiger partial charge in [-0.1, -0.05) is 23.3 Å². The van der Waals surface area contributed by atoms with E-state index in [1.807, 2.05) is 45.0 Å². The highest BCUT2D eigenvalue weighted by Gasteiger charge is 2.17. The van der Waals surface area contributed by atoms with Crippen LogP contribution < -0.4 is 21.5 Å². The van der Waals surface area contributed by atoms with Gasteiger partial charge in [0.25, 0.3) is 11.8 Å². The third-order valence-corrected chi connectivity index (χ3v) is 5.57. The highest BCUT2D eigenvalue weighted by Crippen LogP contribution is 2.24. The van der Waals surface area contributed by atoms with Crippen LogP contribution in [0.1, 0.15) is 37.4 Å². The zero-order chi connectivity index (χ0) is 23.4. The minimum absolute atomic E-state index is 0.223. The molecule has 166 valence electrons. The van der Waals surface area contributed by atoms with Gasteiger partial charge in [-0.05, 0) is 57.3 Å². The number of anilines is 3. The Morgan fingerprint density at radius 3 is 2.28 bits per heavy atom. The number of rotatable bonds is 6. The molecule has 32 heavy (non-hydrogen) atoms. The van der Waals surface area contributed by atoms with Crippen molar-refractivity contribution in [3.8, 4) is 0 Å². The molecule has 3 rings (SSSR count). The predicted molar refractivity (Wildman–Crippen MR) is 129 cm³/mol. The summed E-state index contributed by atoms with van der Waals surface area (Å²) in [5.41, 5.74) is 5.08. The fourth-order valence-corrected chi connectivity index (χ4v) is 3.69. The van der Waals surface area contributed by atoms with Gasteiger partial charge >= 0.3 is 0 Å². The van der Waals surface area contributed by atoms with E-state index >= 15 is 0 Å². The predicted octanol–water partition coefficient (Wildman–Crippen LogP) is 3.59. The van der Waals surface area contributed by atoms with Gasteiger partial charge in [0.15, 0.2) is 5.57 Å². The van der Waals surface area contributed by atoms with E-state index in [0.717, 1.165) is 16.7 Å². The quantitative estimate of drug-likeness (QED) is 0.426. The Balaban J connectivity index is 1.82. The zero-order valence-electron chi connectivity index (χ0n) is 18.6. The number of aromatic nitrogens is 2. The first-order valence-electron chi connectivity index (χ1n) is 9.97. The average Bonchev–Trinajstić information content (AvgIpc) is 2.74. The van der Waals surface area contributed by atoms with Crippen molar-refractivity contribution in [3.63, 3.8) is 0 Å². The number of hydrogen-bond acceptors (Lipinski definition) is 6. The summed E-state index contributed by atoms with van der Waals surface area (Å²) in [4.78, 5) is 43.6. The van der Waals surface area contributed by atoms with Crippen LogP contribution in [0, 0.1) is 20.8 Å². The third kappa shape index (κ3) is 5.46. The van der Waals surface area contributed by atoms with E-state index in [0.29, 0.717) is 22.8 Å². The van der Waals surface area contributed by atoms with Crippen molar-refractivity contribution in [2.75, 3.05) is 29.7 Å². The van der Waals surface area contributed by atoms with Crippen LogP contribution in [0.5, 0.6) is 0 Å². The molecule has 0 aliphatic heterocycles. The summed E-state index contributed by atoms with van der Waals surface area (Å²) in [5, 5.41) is 8.60. The first-order chi connectivity index (χ1) is 15.2. The molecule has 2 amide bonds. The van der Waals surface area contributed by atoms with Crippen molar-refractivity contribution < 1.29 is 14.5 Å². The molecule has 0 radical (unpaired) electrons. The summed E-state index contributed by atoms with van der Waals surface area (Å²) in [6.45, 7) is 7.37. The van der Waals surface area contributed by atoms with Crippen molar-refractivity contribution in [1.29, 1.82) is 0 Å². The van der Waals surface area contributed by atoms with Gasteiger partial charge in [-0.15, -0.1) is 0 Å². The van der Waals surface area contributed by atoms with Crippen LogP contribution in [0.4, 0.5) is 17.2 Å². The van der Waals surface area contributed by atoms with Crippen LogP contribution in [0.3, 0.4) is 0 Å². The van der Waals surface area contributed by atoms with Crippen LogP contribution in [-0.2, 0) is 0 Å². The summed E-state index contributed by atoms with van der Waals surface area (Å²) in [6, 6.07) is 11.0. The maximum Gasteiger partial charge on any atom is 0.261 e. The SMILES string of the molecule is CNc1nc(P(C)O)ncc1C(=O)Nc1cc(NC(=O)c2cc(C)cc(C)c2)ccc1C. The standard InChI is InChI=1S/C23H26N5O3P/c1-13-8-14(2)10-16(9-13)21(29)26-17-7-6-15(3)19(11-17)27-22(30)18-12-25-23(32(5)31)28-20(18)24-4/h6-12,31H,1-5H3,(H,26,29)(H,27,30)(H,24,25,28). The van der Waals surface area contributed by atoms with Gasteiger partial charge in [-0.3, -0.25) is 9.59 Å². The minimum atomic E-state index is -1.47. The number of carbonyl (C=O) groups excluding carboxylic acids is 2. The van der Waals surface area contributed by atoms with Crippen LogP contribution in [0.25, 0.3) is 0 Å². The Morgan fingerprint density at radius 2 is 1.66 bits per heavy atom. The molecule has 9 heteroatoms. The van der Waals surface area contributed by atoms with Crippen LogP contribution in [-0.4, -0.2) is 40.4 Å². The molecule has 1 unspecified atom stereocenters. The van der Waals surface area contributed by atoms with Gasteiger partial charge in [0.05, 0.1) is 8.15 Å². The summed E-state index contributed by atoms with van der Waals surface area (Å²) < 4.78 is 0. The van der Waals surface area contributed by atoms with E-state index < -0.39 is 14.1 Å². The van der Waals surface area contributed by atoms with Gasteiger partial charge in [0, 0.05) is 30.2 Å².